The van der Waals surface area contributed by atoms with Gasteiger partial charge in [0.25, 0.3) is 0 Å². The van der Waals surface area contributed by atoms with Gasteiger partial charge in [-0.3, -0.25) is 4.90 Å². The molecular weight excluding hydrogens is 203 g/mol. The van der Waals surface area contributed by atoms with Crippen LogP contribution in [-0.4, -0.2) is 24.5 Å². The van der Waals surface area contributed by atoms with Crippen LogP contribution in [0.25, 0.3) is 0 Å². The quantitative estimate of drug-likeness (QED) is 0.783. The van der Waals surface area contributed by atoms with Gasteiger partial charge in [-0.2, -0.15) is 0 Å². The molecule has 0 spiro atoms. The maximum Gasteiger partial charge on any atom is 0.146 e. The van der Waals surface area contributed by atoms with Crippen molar-refractivity contribution in [2.75, 3.05) is 25.0 Å². The number of nitrogens with one attached hydrogen (secondary N) is 1. The predicted molar refractivity (Wildman–Crippen MR) is 63.1 cm³/mol. The van der Waals surface area contributed by atoms with Gasteiger partial charge in [0, 0.05) is 12.6 Å². The van der Waals surface area contributed by atoms with E-state index in [1.807, 2.05) is 6.07 Å². The Labute approximate surface area is 95.4 Å². The van der Waals surface area contributed by atoms with Crippen LogP contribution in [0.1, 0.15) is 30.9 Å². The fourth-order valence-electron chi connectivity index (χ4n) is 2.93. The van der Waals surface area contributed by atoms with Crippen molar-refractivity contribution in [2.24, 2.45) is 0 Å². The molecule has 2 aliphatic rings. The normalized spacial score (nSPS) is 25.2. The summed E-state index contributed by atoms with van der Waals surface area (Å²) in [5.41, 5.74) is 1.87. The number of anilines is 1. The second-order valence-electron chi connectivity index (χ2n) is 4.68. The molecule has 3 heteroatoms. The first-order valence-corrected chi connectivity index (χ1v) is 6.12. The third kappa shape index (κ3) is 1.59. The van der Waals surface area contributed by atoms with Gasteiger partial charge in [-0.05, 0) is 44.0 Å². The number of hydrogen-bond acceptors (Lipinski definition) is 2. The van der Waals surface area contributed by atoms with Gasteiger partial charge in [-0.1, -0.05) is 12.1 Å². The van der Waals surface area contributed by atoms with Crippen LogP contribution in [0.4, 0.5) is 10.1 Å². The van der Waals surface area contributed by atoms with Crippen LogP contribution in [-0.2, 0) is 0 Å². The zero-order chi connectivity index (χ0) is 11.0. The number of likely N-dealkylation sites (tertiary alicyclic amines) is 1. The minimum Gasteiger partial charge on any atom is -0.382 e. The number of rotatable bonds is 1. The zero-order valence-corrected chi connectivity index (χ0v) is 9.38. The van der Waals surface area contributed by atoms with Crippen LogP contribution in [0, 0.1) is 5.82 Å². The van der Waals surface area contributed by atoms with E-state index in [0.29, 0.717) is 6.04 Å². The Balaban J connectivity index is 1.96. The highest BCUT2D eigenvalue weighted by atomic mass is 19.1. The Morgan fingerprint density at radius 2 is 2.06 bits per heavy atom. The summed E-state index contributed by atoms with van der Waals surface area (Å²) in [5.74, 6) is -0.110. The molecule has 0 aliphatic carbocycles. The summed E-state index contributed by atoms with van der Waals surface area (Å²) in [5, 5.41) is 3.18. The van der Waals surface area contributed by atoms with E-state index in [0.717, 1.165) is 24.2 Å². The Bertz CT molecular complexity index is 386. The molecule has 0 aromatic heterocycles. The first-order chi connectivity index (χ1) is 7.86. The first kappa shape index (κ1) is 10.1. The predicted octanol–water partition coefficient (Wildman–Crippen LogP) is 2.78. The summed E-state index contributed by atoms with van der Waals surface area (Å²) in [6, 6.07) is 5.85. The van der Waals surface area contributed by atoms with E-state index in [2.05, 4.69) is 16.3 Å². The van der Waals surface area contributed by atoms with Crippen LogP contribution in [0.3, 0.4) is 0 Å². The number of nitrogens with zero attached hydrogens (tertiary/aromatic N) is 1. The van der Waals surface area contributed by atoms with Gasteiger partial charge in [0.2, 0.25) is 0 Å². The molecule has 1 unspecified atom stereocenters. The van der Waals surface area contributed by atoms with Crippen LogP contribution < -0.4 is 5.32 Å². The third-order valence-electron chi connectivity index (χ3n) is 3.71. The molecule has 1 aromatic rings. The molecule has 1 atom stereocenters. The third-order valence-corrected chi connectivity index (χ3v) is 3.71. The van der Waals surface area contributed by atoms with Gasteiger partial charge in [-0.25, -0.2) is 4.39 Å². The topological polar surface area (TPSA) is 15.3 Å². The first-order valence-electron chi connectivity index (χ1n) is 6.12. The van der Waals surface area contributed by atoms with Gasteiger partial charge in [0.1, 0.15) is 5.82 Å². The maximum atomic E-state index is 13.7. The number of fused-ring (bicyclic) bond motifs is 1. The van der Waals surface area contributed by atoms with E-state index in [9.17, 15) is 4.39 Å². The average Bonchev–Trinajstić information content (AvgIpc) is 2.82. The Hall–Kier alpha value is -1.09. The molecule has 0 radical (unpaired) electrons. The highest BCUT2D eigenvalue weighted by molar-refractivity contribution is 5.55. The SMILES string of the molecule is Fc1cccc2c1NCCC2N1CCCC1. The minimum absolute atomic E-state index is 0.110. The summed E-state index contributed by atoms with van der Waals surface area (Å²) in [4.78, 5) is 2.50. The van der Waals surface area contributed by atoms with Crippen molar-refractivity contribution in [3.05, 3.63) is 29.6 Å². The van der Waals surface area contributed by atoms with Crippen LogP contribution >= 0.6 is 0 Å². The number of para-hydroxylation sites is 1. The van der Waals surface area contributed by atoms with E-state index in [4.69, 9.17) is 0 Å². The largest absolute Gasteiger partial charge is 0.382 e. The number of benzene rings is 1. The van der Waals surface area contributed by atoms with Crippen molar-refractivity contribution in [3.8, 4) is 0 Å². The summed E-state index contributed by atoms with van der Waals surface area (Å²) >= 11 is 0. The number of hydrogen-bond donors (Lipinski definition) is 1. The molecule has 1 fully saturated rings. The lowest BCUT2D eigenvalue weighted by Gasteiger charge is -2.33. The highest BCUT2D eigenvalue weighted by Crippen LogP contribution is 2.36. The summed E-state index contributed by atoms with van der Waals surface area (Å²) in [7, 11) is 0. The molecule has 0 bridgehead atoms. The van der Waals surface area contributed by atoms with Crippen molar-refractivity contribution >= 4 is 5.69 Å². The molecule has 0 saturated carbocycles. The lowest BCUT2D eigenvalue weighted by molar-refractivity contribution is 0.233. The molecular formula is C13H17FN2. The van der Waals surface area contributed by atoms with Crippen molar-refractivity contribution < 1.29 is 4.39 Å². The van der Waals surface area contributed by atoms with E-state index < -0.39 is 0 Å². The Kier molecular flexibility index (Phi) is 2.56. The van der Waals surface area contributed by atoms with E-state index in [-0.39, 0.29) is 5.82 Å². The molecule has 1 saturated heterocycles. The Morgan fingerprint density at radius 3 is 2.88 bits per heavy atom. The van der Waals surface area contributed by atoms with E-state index >= 15 is 0 Å². The van der Waals surface area contributed by atoms with E-state index in [1.165, 1.54) is 32.0 Å². The van der Waals surface area contributed by atoms with Crippen LogP contribution in [0.5, 0.6) is 0 Å². The van der Waals surface area contributed by atoms with Gasteiger partial charge in [-0.15, -0.1) is 0 Å². The molecule has 2 heterocycles. The molecule has 0 amide bonds. The standard InChI is InChI=1S/C13H17FN2/c14-11-5-3-4-10-12(6-7-15-13(10)11)16-8-1-2-9-16/h3-5,12,15H,1-2,6-9H2. The second-order valence-corrected chi connectivity index (χ2v) is 4.68. The molecule has 86 valence electrons. The zero-order valence-electron chi connectivity index (χ0n) is 9.38. The molecule has 16 heavy (non-hydrogen) atoms. The minimum atomic E-state index is -0.110. The maximum absolute atomic E-state index is 13.7. The van der Waals surface area contributed by atoms with Gasteiger partial charge in [0.05, 0.1) is 5.69 Å². The monoisotopic (exact) mass is 220 g/mol. The number of halogens is 1. The molecule has 1 aromatic carbocycles. The van der Waals surface area contributed by atoms with Gasteiger partial charge in [0.15, 0.2) is 0 Å². The van der Waals surface area contributed by atoms with Gasteiger partial charge >= 0.3 is 0 Å². The fourth-order valence-corrected chi connectivity index (χ4v) is 2.93. The van der Waals surface area contributed by atoms with E-state index in [1.54, 1.807) is 0 Å². The smallest absolute Gasteiger partial charge is 0.146 e. The van der Waals surface area contributed by atoms with Crippen LogP contribution in [0.15, 0.2) is 18.2 Å². The summed E-state index contributed by atoms with van der Waals surface area (Å²) < 4.78 is 13.7. The second kappa shape index (κ2) is 4.06. The fraction of sp³-hybridized carbons (Fsp3) is 0.538. The van der Waals surface area contributed by atoms with Crippen molar-refractivity contribution in [3.63, 3.8) is 0 Å². The molecule has 3 rings (SSSR count). The lowest BCUT2D eigenvalue weighted by atomic mass is 9.96. The van der Waals surface area contributed by atoms with Crippen molar-refractivity contribution in [1.29, 1.82) is 0 Å². The van der Waals surface area contributed by atoms with Crippen molar-refractivity contribution in [1.82, 2.24) is 4.90 Å². The molecule has 1 N–H and O–H groups in total. The summed E-state index contributed by atoms with van der Waals surface area (Å²) in [6.07, 6.45) is 3.67. The van der Waals surface area contributed by atoms with Gasteiger partial charge < -0.3 is 5.32 Å². The summed E-state index contributed by atoms with van der Waals surface area (Å²) in [6.45, 7) is 3.22. The lowest BCUT2D eigenvalue weighted by Crippen LogP contribution is -2.31. The highest BCUT2D eigenvalue weighted by Gasteiger charge is 2.28. The molecule has 2 nitrogen and oxygen atoms in total. The average molecular weight is 220 g/mol. The van der Waals surface area contributed by atoms with Crippen molar-refractivity contribution in [2.45, 2.75) is 25.3 Å². The van der Waals surface area contributed by atoms with Crippen LogP contribution in [0.2, 0.25) is 0 Å². The molecule has 2 aliphatic heterocycles. The Morgan fingerprint density at radius 1 is 1.25 bits per heavy atom.